The molecule has 0 aliphatic heterocycles. The average Bonchev–Trinajstić information content (AvgIpc) is 3.45. The van der Waals surface area contributed by atoms with Gasteiger partial charge in [0.25, 0.3) is 0 Å². The largest absolute Gasteiger partial charge is 0.465 e. The highest BCUT2D eigenvalue weighted by molar-refractivity contribution is 5.84. The van der Waals surface area contributed by atoms with Crippen LogP contribution in [-0.4, -0.2) is 207 Å². The van der Waals surface area contributed by atoms with Gasteiger partial charge >= 0.3 is 53.8 Å². The first kappa shape index (κ1) is 69.9. The van der Waals surface area contributed by atoms with Crippen molar-refractivity contribution in [3.8, 4) is 0 Å². The number of urea groups is 1. The van der Waals surface area contributed by atoms with E-state index < -0.39 is 184 Å². The van der Waals surface area contributed by atoms with E-state index in [1.165, 1.54) is 0 Å². The second kappa shape index (κ2) is 32.7. The van der Waals surface area contributed by atoms with Crippen molar-refractivity contribution in [3.05, 3.63) is 35.9 Å². The summed E-state index contributed by atoms with van der Waals surface area (Å²) in [7, 11) is 0. The molecule has 78 heavy (non-hydrogen) atoms. The Morgan fingerprint density at radius 1 is 0.372 bits per heavy atom. The Balaban J connectivity index is 3.40. The van der Waals surface area contributed by atoms with Crippen LogP contribution in [0.2, 0.25) is 0 Å². The predicted octanol–water partition coefficient (Wildman–Crippen LogP) is -1.63. The van der Waals surface area contributed by atoms with Crippen molar-refractivity contribution >= 4 is 53.8 Å². The number of hydrogen-bond acceptors (Lipinski definition) is 25. The molecule has 0 unspecified atom stereocenters. The second-order valence-corrected chi connectivity index (χ2v) is 21.0. The average molecular weight is 1120 g/mol. The summed E-state index contributed by atoms with van der Waals surface area (Å²) in [6.45, 7) is -5.36. The van der Waals surface area contributed by atoms with Crippen molar-refractivity contribution in [2.24, 2.45) is 37.9 Å². The Bertz CT molecular complexity index is 1940. The van der Waals surface area contributed by atoms with Gasteiger partial charge < -0.3 is 89.4 Å². The number of carbonyl (C=O) groups excluding carboxylic acids is 9. The van der Waals surface area contributed by atoms with Gasteiger partial charge in [-0.3, -0.25) is 38.4 Å². The molecule has 0 bridgehead atoms. The Morgan fingerprint density at radius 3 is 0.987 bits per heavy atom. The number of nitrogens with one attached hydrogen (secondary N) is 2. The molecule has 0 fully saturated rings. The molecule has 0 saturated carbocycles. The molecule has 0 radical (unpaired) electrons. The van der Waals surface area contributed by atoms with E-state index in [1.54, 1.807) is 24.3 Å². The number of benzene rings is 1. The van der Waals surface area contributed by atoms with Crippen LogP contribution in [0.1, 0.15) is 79.7 Å². The fourth-order valence-electron chi connectivity index (χ4n) is 5.71. The number of aliphatic hydroxyl groups excluding tert-OH is 8. The van der Waals surface area contributed by atoms with Crippen LogP contribution in [0.25, 0.3) is 0 Å². The lowest BCUT2D eigenvalue weighted by Gasteiger charge is -2.33. The minimum absolute atomic E-state index is 0.0395. The van der Waals surface area contributed by atoms with Gasteiger partial charge in [-0.15, -0.1) is 0 Å². The Labute approximate surface area is 452 Å². The SMILES string of the molecule is CC(CO)(CO)C(=O)OCC(C)(COC(=O)C(C)(CO)CO)C(=O)OCC(C)(COC(=O)C(C)(COC(=O)C(C)(CO)CO)COC(=O)C(C)(CO)CO)C(=O)OCCCCCCNC(=O)NCC(=O)OCc1ccccc1. The minimum atomic E-state index is -2.17. The quantitative estimate of drug-likeness (QED) is 0.0202. The minimum Gasteiger partial charge on any atom is -0.465 e. The summed E-state index contributed by atoms with van der Waals surface area (Å²) >= 11 is 0. The molecule has 0 atom stereocenters. The number of amides is 2. The molecular formula is C51H80N2O25. The van der Waals surface area contributed by atoms with Crippen LogP contribution in [0.5, 0.6) is 0 Å². The van der Waals surface area contributed by atoms with Gasteiger partial charge in [0.05, 0.1) is 59.5 Å². The summed E-state index contributed by atoms with van der Waals surface area (Å²) < 4.78 is 42.9. The standard InChI is InChI=1S/C51H80N2O25/c1-45(21-54,22-55)37(63)73-31-50(6,32-74-38(64)46(2,23-56)24-57)42(68)77-29-49(5,41(67)71-18-14-9-8-13-17-52-44(70)53-19-36(62)72-20-35-15-11-10-12-16-35)30-78-43(69)51(7,33-75-39(65)47(3,25-58)26-59)34-76-40(66)48(4,27-60)28-61/h10-12,15-16,54-61H,8-9,13-14,17-34H2,1-7H3,(H2,52,53,70). The molecular weight excluding hydrogens is 1040 g/mol. The van der Waals surface area contributed by atoms with Crippen molar-refractivity contribution in [1.82, 2.24) is 10.6 Å². The Kier molecular flexibility index (Phi) is 29.4. The van der Waals surface area contributed by atoms with Crippen LogP contribution in [0.15, 0.2) is 30.3 Å². The van der Waals surface area contributed by atoms with E-state index >= 15 is 0 Å². The first-order valence-electron chi connectivity index (χ1n) is 24.8. The van der Waals surface area contributed by atoms with Crippen molar-refractivity contribution in [2.75, 3.05) is 112 Å². The van der Waals surface area contributed by atoms with E-state index in [1.807, 2.05) is 6.07 Å². The summed E-state index contributed by atoms with van der Waals surface area (Å²) in [5, 5.41) is 83.0. The van der Waals surface area contributed by atoms with Crippen LogP contribution in [-0.2, 0) is 82.9 Å². The smallest absolute Gasteiger partial charge is 0.325 e. The Hall–Kier alpha value is -6.07. The molecule has 0 aromatic heterocycles. The van der Waals surface area contributed by atoms with E-state index in [0.717, 1.165) is 54.0 Å². The molecule has 0 aliphatic carbocycles. The summed E-state index contributed by atoms with van der Waals surface area (Å²) in [5.41, 5.74) is -13.2. The van der Waals surface area contributed by atoms with E-state index in [4.69, 9.17) is 37.9 Å². The molecule has 1 rings (SSSR count). The van der Waals surface area contributed by atoms with Gasteiger partial charge in [0.2, 0.25) is 0 Å². The normalized spacial score (nSPS) is 12.3. The topological polar surface area (TPSA) is 413 Å². The number of unbranched alkanes of at least 4 members (excludes halogenated alkanes) is 3. The highest BCUT2D eigenvalue weighted by atomic mass is 16.6. The summed E-state index contributed by atoms with van der Waals surface area (Å²) in [5.74, 6) is -9.20. The molecule has 27 nitrogen and oxygen atoms in total. The molecule has 0 aliphatic rings. The highest BCUT2D eigenvalue weighted by Gasteiger charge is 2.48. The van der Waals surface area contributed by atoms with Crippen LogP contribution >= 0.6 is 0 Å². The van der Waals surface area contributed by atoms with Crippen LogP contribution in [0.4, 0.5) is 4.79 Å². The number of esters is 8. The van der Waals surface area contributed by atoms with Crippen LogP contribution < -0.4 is 10.6 Å². The van der Waals surface area contributed by atoms with E-state index in [-0.39, 0.29) is 32.7 Å². The molecule has 1 aromatic rings. The number of aliphatic hydroxyl groups is 8. The van der Waals surface area contributed by atoms with Crippen molar-refractivity contribution in [2.45, 2.75) is 80.8 Å². The molecule has 0 saturated heterocycles. The third-order valence-electron chi connectivity index (χ3n) is 12.6. The zero-order chi connectivity index (χ0) is 59.4. The van der Waals surface area contributed by atoms with E-state index in [0.29, 0.717) is 19.3 Å². The third-order valence-corrected chi connectivity index (χ3v) is 12.6. The fourth-order valence-corrected chi connectivity index (χ4v) is 5.71. The highest BCUT2D eigenvalue weighted by Crippen LogP contribution is 2.31. The van der Waals surface area contributed by atoms with Crippen molar-refractivity contribution in [3.63, 3.8) is 0 Å². The predicted molar refractivity (Wildman–Crippen MR) is 266 cm³/mol. The van der Waals surface area contributed by atoms with Crippen LogP contribution in [0, 0.1) is 37.9 Å². The lowest BCUT2D eigenvalue weighted by atomic mass is 9.89. The molecule has 0 heterocycles. The molecule has 0 spiro atoms. The van der Waals surface area contributed by atoms with Crippen LogP contribution in [0.3, 0.4) is 0 Å². The van der Waals surface area contributed by atoms with E-state index in [9.17, 15) is 84.0 Å². The van der Waals surface area contributed by atoms with Gasteiger partial charge in [0, 0.05) is 6.54 Å². The maximum atomic E-state index is 14.1. The number of ether oxygens (including phenoxy) is 8. The molecule has 10 N–H and O–H groups in total. The third kappa shape index (κ3) is 21.3. The van der Waals surface area contributed by atoms with Gasteiger partial charge in [-0.05, 0) is 73.3 Å². The van der Waals surface area contributed by atoms with Gasteiger partial charge in [0.1, 0.15) is 90.7 Å². The second-order valence-electron chi connectivity index (χ2n) is 21.0. The lowest BCUT2D eigenvalue weighted by molar-refractivity contribution is -0.185. The molecule has 27 heteroatoms. The number of hydrogen-bond donors (Lipinski definition) is 10. The zero-order valence-corrected chi connectivity index (χ0v) is 45.5. The number of rotatable bonds is 38. The molecule has 2 amide bonds. The molecule has 444 valence electrons. The van der Waals surface area contributed by atoms with E-state index in [2.05, 4.69) is 10.6 Å². The zero-order valence-electron chi connectivity index (χ0n) is 45.5. The van der Waals surface area contributed by atoms with Gasteiger partial charge in [-0.1, -0.05) is 36.8 Å². The first-order chi connectivity index (χ1) is 36.5. The summed E-state index contributed by atoms with van der Waals surface area (Å²) in [6, 6.07) is 8.34. The maximum absolute atomic E-state index is 14.1. The Morgan fingerprint density at radius 2 is 0.667 bits per heavy atom. The van der Waals surface area contributed by atoms with Crippen molar-refractivity contribution in [1.29, 1.82) is 0 Å². The summed E-state index contributed by atoms with van der Waals surface area (Å²) in [4.78, 5) is 118. The number of carbonyl (C=O) groups is 9. The fraction of sp³-hybridized carbons (Fsp3) is 0.706. The maximum Gasteiger partial charge on any atom is 0.325 e. The first-order valence-corrected chi connectivity index (χ1v) is 24.8. The lowest BCUT2D eigenvalue weighted by Crippen LogP contribution is -2.48. The van der Waals surface area contributed by atoms with Crippen molar-refractivity contribution < 1.29 is 122 Å². The molecule has 1 aromatic carbocycles. The summed E-state index contributed by atoms with van der Waals surface area (Å²) in [6.07, 6.45) is 1.67. The van der Waals surface area contributed by atoms with Gasteiger partial charge in [0.15, 0.2) is 0 Å². The van der Waals surface area contributed by atoms with Gasteiger partial charge in [-0.25, -0.2) is 4.79 Å². The monoisotopic (exact) mass is 1120 g/mol. The van der Waals surface area contributed by atoms with Gasteiger partial charge in [-0.2, -0.15) is 0 Å².